The molecule has 1 fully saturated rings. The zero-order chi connectivity index (χ0) is 21.9. The minimum Gasteiger partial charge on any atom is -0.368 e. The van der Waals surface area contributed by atoms with E-state index in [-0.39, 0.29) is 5.78 Å². The number of carbonyl (C=O) groups is 1. The molecule has 0 aliphatic heterocycles. The van der Waals surface area contributed by atoms with Crippen LogP contribution in [0.5, 0.6) is 0 Å². The van der Waals surface area contributed by atoms with E-state index in [9.17, 15) is 4.79 Å². The fourth-order valence-electron chi connectivity index (χ4n) is 3.81. The molecule has 0 bridgehead atoms. The van der Waals surface area contributed by atoms with Crippen LogP contribution in [0.1, 0.15) is 56.8 Å². The molecule has 3 rings (SSSR count). The number of hydrogen-bond acceptors (Lipinski definition) is 5. The Hall–Kier alpha value is -1.73. The average molecular weight is 431 g/mol. The zero-order valence-corrected chi connectivity index (χ0v) is 20.5. The molecule has 1 aliphatic carbocycles. The molecule has 7 heteroatoms. The molecule has 2 aromatic heterocycles. The van der Waals surface area contributed by atoms with Crippen LogP contribution in [0, 0.1) is 11.3 Å². The van der Waals surface area contributed by atoms with Gasteiger partial charge in [-0.05, 0) is 24.8 Å². The third-order valence-electron chi connectivity index (χ3n) is 5.76. The molecule has 0 atom stereocenters. The van der Waals surface area contributed by atoms with Crippen molar-refractivity contribution in [1.82, 2.24) is 14.5 Å². The Kier molecular flexibility index (Phi) is 7.02. The number of fused-ring (bicyclic) bond motifs is 1. The number of nitrogens with zero attached hydrogens (tertiary/aromatic N) is 3. The van der Waals surface area contributed by atoms with Gasteiger partial charge in [-0.15, -0.1) is 0 Å². The van der Waals surface area contributed by atoms with Gasteiger partial charge in [0.2, 0.25) is 0 Å². The summed E-state index contributed by atoms with van der Waals surface area (Å²) < 4.78 is 7.85. The lowest BCUT2D eigenvalue weighted by Crippen LogP contribution is -2.22. The molecule has 0 aromatic carbocycles. The number of hydrogen-bond donors (Lipinski definition) is 1. The monoisotopic (exact) mass is 430 g/mol. The van der Waals surface area contributed by atoms with Gasteiger partial charge < -0.3 is 14.6 Å². The number of rotatable bonds is 9. The van der Waals surface area contributed by atoms with E-state index >= 15 is 0 Å². The van der Waals surface area contributed by atoms with Crippen molar-refractivity contribution in [1.29, 1.82) is 0 Å². The summed E-state index contributed by atoms with van der Waals surface area (Å²) in [4.78, 5) is 22.5. The maximum Gasteiger partial charge on any atom is 0.171 e. The number of aromatic nitrogens is 3. The van der Waals surface area contributed by atoms with Gasteiger partial charge >= 0.3 is 0 Å². The predicted octanol–water partition coefficient (Wildman–Crippen LogP) is 5.57. The van der Waals surface area contributed by atoms with Crippen LogP contribution in [0.4, 0.5) is 5.82 Å². The van der Waals surface area contributed by atoms with E-state index in [1.54, 1.807) is 6.20 Å². The Morgan fingerprint density at radius 3 is 2.60 bits per heavy atom. The molecule has 0 amide bonds. The van der Waals surface area contributed by atoms with Crippen molar-refractivity contribution >= 4 is 30.8 Å². The Morgan fingerprint density at radius 2 is 1.97 bits per heavy atom. The standard InChI is InChI=1S/C23H38N4O2Si/c1-23(2,3)21(28)18-15-27(16-29-11-12-30(4,5)6)22-20(18)26-19(14-25-22)24-13-17-9-7-8-10-17/h14-15,17H,7-13,16H2,1-6H3,(H,24,26). The number of anilines is 1. The lowest BCUT2D eigenvalue weighted by Gasteiger charge is -2.16. The van der Waals surface area contributed by atoms with E-state index in [1.807, 2.05) is 31.5 Å². The Balaban J connectivity index is 1.82. The summed E-state index contributed by atoms with van der Waals surface area (Å²) in [7, 11) is -1.14. The first kappa shape index (κ1) is 22.9. The van der Waals surface area contributed by atoms with Crippen LogP contribution in [0.3, 0.4) is 0 Å². The topological polar surface area (TPSA) is 69.0 Å². The van der Waals surface area contributed by atoms with Crippen molar-refractivity contribution in [3.05, 3.63) is 18.0 Å². The van der Waals surface area contributed by atoms with Crippen molar-refractivity contribution in [2.45, 2.75) is 78.9 Å². The number of ketones is 1. The van der Waals surface area contributed by atoms with Crippen LogP contribution < -0.4 is 5.32 Å². The largest absolute Gasteiger partial charge is 0.368 e. The maximum absolute atomic E-state index is 13.1. The van der Waals surface area contributed by atoms with Crippen LogP contribution in [0.25, 0.3) is 11.2 Å². The van der Waals surface area contributed by atoms with Crippen molar-refractivity contribution in [3.63, 3.8) is 0 Å². The fourth-order valence-corrected chi connectivity index (χ4v) is 4.57. The summed E-state index contributed by atoms with van der Waals surface area (Å²) in [6, 6.07) is 1.11. The van der Waals surface area contributed by atoms with Gasteiger partial charge in [-0.1, -0.05) is 53.3 Å². The molecule has 0 radical (unpaired) electrons. The van der Waals surface area contributed by atoms with E-state index in [2.05, 4.69) is 29.9 Å². The lowest BCUT2D eigenvalue weighted by molar-refractivity contribution is 0.0849. The highest BCUT2D eigenvalue weighted by Gasteiger charge is 2.28. The van der Waals surface area contributed by atoms with E-state index in [0.29, 0.717) is 29.4 Å². The van der Waals surface area contributed by atoms with E-state index in [0.717, 1.165) is 25.0 Å². The molecule has 6 nitrogen and oxygen atoms in total. The number of nitrogens with one attached hydrogen (secondary N) is 1. The highest BCUT2D eigenvalue weighted by Crippen LogP contribution is 2.28. The van der Waals surface area contributed by atoms with Gasteiger partial charge in [-0.2, -0.15) is 0 Å². The summed E-state index contributed by atoms with van der Waals surface area (Å²) in [6.45, 7) is 14.9. The van der Waals surface area contributed by atoms with Crippen LogP contribution in [0.15, 0.2) is 12.4 Å². The van der Waals surface area contributed by atoms with Crippen molar-refractivity contribution in [3.8, 4) is 0 Å². The molecule has 1 N–H and O–H groups in total. The smallest absolute Gasteiger partial charge is 0.171 e. The van der Waals surface area contributed by atoms with Crippen molar-refractivity contribution < 1.29 is 9.53 Å². The molecule has 1 saturated carbocycles. The SMILES string of the molecule is CC(C)(C)C(=O)c1cn(COCC[Si](C)(C)C)c2ncc(NCC3CCCC3)nc12. The Labute approximate surface area is 181 Å². The first-order valence-corrected chi connectivity index (χ1v) is 15.0. The second kappa shape index (κ2) is 9.18. The molecule has 0 unspecified atom stereocenters. The molecule has 30 heavy (non-hydrogen) atoms. The molecular formula is C23H38N4O2Si. The molecule has 166 valence electrons. The summed E-state index contributed by atoms with van der Waals surface area (Å²) in [5, 5.41) is 3.44. The van der Waals surface area contributed by atoms with Crippen molar-refractivity contribution in [2.24, 2.45) is 11.3 Å². The lowest BCUT2D eigenvalue weighted by atomic mass is 9.87. The summed E-state index contributed by atoms with van der Waals surface area (Å²) in [6.07, 6.45) is 8.85. The minimum atomic E-state index is -1.14. The molecule has 1 aliphatic rings. The van der Waals surface area contributed by atoms with Gasteiger partial charge in [0.1, 0.15) is 18.1 Å². The number of ether oxygens (including phenoxy) is 1. The second-order valence-corrected chi connectivity index (χ2v) is 16.5. The predicted molar refractivity (Wildman–Crippen MR) is 126 cm³/mol. The van der Waals surface area contributed by atoms with Crippen molar-refractivity contribution in [2.75, 3.05) is 18.5 Å². The number of Topliss-reactive ketones (excluding diaryl/α,β-unsaturated/α-hetero) is 1. The summed E-state index contributed by atoms with van der Waals surface area (Å²) in [5.41, 5.74) is 1.53. The molecular weight excluding hydrogens is 392 g/mol. The molecule has 0 saturated heterocycles. The first-order chi connectivity index (χ1) is 14.0. The average Bonchev–Trinajstić information content (AvgIpc) is 3.29. The molecule has 0 spiro atoms. The summed E-state index contributed by atoms with van der Waals surface area (Å²) >= 11 is 0. The maximum atomic E-state index is 13.1. The van der Waals surface area contributed by atoms with Crippen LogP contribution in [0.2, 0.25) is 25.7 Å². The first-order valence-electron chi connectivity index (χ1n) is 11.3. The van der Waals surface area contributed by atoms with Gasteiger partial charge in [0.05, 0.1) is 11.8 Å². The van der Waals surface area contributed by atoms with E-state index in [4.69, 9.17) is 9.72 Å². The van der Waals surface area contributed by atoms with Gasteiger partial charge in [0.15, 0.2) is 11.4 Å². The third kappa shape index (κ3) is 5.91. The highest BCUT2D eigenvalue weighted by atomic mass is 28.3. The molecule has 2 heterocycles. The summed E-state index contributed by atoms with van der Waals surface area (Å²) in [5.74, 6) is 1.54. The fraction of sp³-hybridized carbons (Fsp3) is 0.696. The van der Waals surface area contributed by atoms with Gasteiger partial charge in [0, 0.05) is 32.8 Å². The van der Waals surface area contributed by atoms with Crippen LogP contribution in [-0.4, -0.2) is 41.5 Å². The van der Waals surface area contributed by atoms with Crippen LogP contribution >= 0.6 is 0 Å². The van der Waals surface area contributed by atoms with Gasteiger partial charge in [0.25, 0.3) is 0 Å². The van der Waals surface area contributed by atoms with Gasteiger partial charge in [-0.3, -0.25) is 4.79 Å². The molecule has 2 aromatic rings. The zero-order valence-electron chi connectivity index (χ0n) is 19.5. The van der Waals surface area contributed by atoms with E-state index in [1.165, 1.54) is 25.7 Å². The quantitative estimate of drug-likeness (QED) is 0.320. The second-order valence-electron chi connectivity index (χ2n) is 10.9. The third-order valence-corrected chi connectivity index (χ3v) is 7.47. The normalized spacial score (nSPS) is 15.8. The van der Waals surface area contributed by atoms with Crippen LogP contribution in [-0.2, 0) is 11.5 Å². The van der Waals surface area contributed by atoms with Gasteiger partial charge in [-0.25, -0.2) is 9.97 Å². The highest BCUT2D eigenvalue weighted by molar-refractivity contribution is 6.76. The number of carbonyl (C=O) groups excluding carboxylic acids is 1. The van der Waals surface area contributed by atoms with E-state index < -0.39 is 13.5 Å². The minimum absolute atomic E-state index is 0.0793. The Bertz CT molecular complexity index is 874. The Morgan fingerprint density at radius 1 is 1.27 bits per heavy atom.